The number of aromatic nitrogens is 1. The van der Waals surface area contributed by atoms with Crippen molar-refractivity contribution >= 4 is 11.6 Å². The molecular formula is C14H24N4O. The molecule has 2 rings (SSSR count). The van der Waals surface area contributed by atoms with Gasteiger partial charge < -0.3 is 20.5 Å². The second-order valence-corrected chi connectivity index (χ2v) is 5.10. The van der Waals surface area contributed by atoms with E-state index in [4.69, 9.17) is 5.73 Å². The summed E-state index contributed by atoms with van der Waals surface area (Å²) < 4.78 is 1.88. The number of aryl methyl sites for hydroxylation is 1. The van der Waals surface area contributed by atoms with E-state index in [1.807, 2.05) is 11.5 Å². The fourth-order valence-corrected chi connectivity index (χ4v) is 2.59. The Morgan fingerprint density at radius 1 is 1.37 bits per heavy atom. The summed E-state index contributed by atoms with van der Waals surface area (Å²) >= 11 is 0. The molecule has 0 saturated carbocycles. The third-order valence-electron chi connectivity index (χ3n) is 3.65. The molecule has 1 aliphatic heterocycles. The third-order valence-corrected chi connectivity index (χ3v) is 3.65. The maximum atomic E-state index is 12.1. The number of amides is 1. The molecular weight excluding hydrogens is 240 g/mol. The van der Waals surface area contributed by atoms with Crippen molar-refractivity contribution in [3.63, 3.8) is 0 Å². The number of nitrogens with zero attached hydrogens (tertiary/aromatic N) is 2. The monoisotopic (exact) mass is 264 g/mol. The number of likely N-dealkylation sites (tertiary alicyclic amines) is 1. The van der Waals surface area contributed by atoms with E-state index in [0.717, 1.165) is 26.2 Å². The van der Waals surface area contributed by atoms with Gasteiger partial charge in [-0.2, -0.15) is 0 Å². The van der Waals surface area contributed by atoms with Crippen LogP contribution in [-0.2, 0) is 6.54 Å². The number of piperidine rings is 1. The van der Waals surface area contributed by atoms with E-state index >= 15 is 0 Å². The summed E-state index contributed by atoms with van der Waals surface area (Å²) in [5.74, 6) is -0.0319. The van der Waals surface area contributed by atoms with E-state index < -0.39 is 0 Å². The minimum atomic E-state index is -0.0319. The van der Waals surface area contributed by atoms with Crippen LogP contribution in [0.4, 0.5) is 5.69 Å². The normalized spacial score (nSPS) is 16.5. The molecule has 5 nitrogen and oxygen atoms in total. The lowest BCUT2D eigenvalue weighted by Crippen LogP contribution is -2.38. The molecule has 0 radical (unpaired) electrons. The molecule has 19 heavy (non-hydrogen) atoms. The Bertz CT molecular complexity index is 421. The van der Waals surface area contributed by atoms with Crippen LogP contribution >= 0.6 is 0 Å². The van der Waals surface area contributed by atoms with Gasteiger partial charge in [-0.25, -0.2) is 0 Å². The Balaban J connectivity index is 1.80. The van der Waals surface area contributed by atoms with Gasteiger partial charge in [0.25, 0.3) is 5.91 Å². The number of nitrogens with two attached hydrogens (primary N) is 1. The van der Waals surface area contributed by atoms with E-state index in [9.17, 15) is 4.79 Å². The first-order valence-corrected chi connectivity index (χ1v) is 7.17. The van der Waals surface area contributed by atoms with E-state index in [0.29, 0.717) is 17.9 Å². The summed E-state index contributed by atoms with van der Waals surface area (Å²) in [4.78, 5) is 14.5. The lowest BCUT2D eigenvalue weighted by Gasteiger charge is -2.26. The molecule has 1 amide bonds. The van der Waals surface area contributed by atoms with Crippen molar-refractivity contribution in [1.29, 1.82) is 0 Å². The Kier molecular flexibility index (Phi) is 4.85. The Morgan fingerprint density at radius 2 is 2.11 bits per heavy atom. The van der Waals surface area contributed by atoms with E-state index in [2.05, 4.69) is 10.2 Å². The first-order chi connectivity index (χ1) is 9.20. The molecule has 5 heteroatoms. The summed E-state index contributed by atoms with van der Waals surface area (Å²) in [6.07, 6.45) is 5.71. The Hall–Kier alpha value is -1.49. The van der Waals surface area contributed by atoms with Crippen LogP contribution < -0.4 is 11.1 Å². The largest absolute Gasteiger partial charge is 0.397 e. The minimum absolute atomic E-state index is 0.0319. The molecule has 1 aromatic heterocycles. The molecule has 1 fully saturated rings. The predicted molar refractivity (Wildman–Crippen MR) is 77.1 cm³/mol. The van der Waals surface area contributed by atoms with Crippen molar-refractivity contribution in [2.75, 3.05) is 31.9 Å². The van der Waals surface area contributed by atoms with Gasteiger partial charge in [0.1, 0.15) is 5.69 Å². The molecule has 0 aliphatic carbocycles. The zero-order valence-electron chi connectivity index (χ0n) is 11.7. The highest BCUT2D eigenvalue weighted by Gasteiger charge is 2.13. The molecule has 1 saturated heterocycles. The van der Waals surface area contributed by atoms with Crippen molar-refractivity contribution in [3.8, 4) is 0 Å². The summed E-state index contributed by atoms with van der Waals surface area (Å²) in [6.45, 7) is 6.72. The van der Waals surface area contributed by atoms with Crippen molar-refractivity contribution in [2.45, 2.75) is 32.7 Å². The standard InChI is InChI=1S/C14H24N4O/c1-2-18-11-12(15)10-13(18)14(19)16-6-9-17-7-4-3-5-8-17/h10-11H,2-9,15H2,1H3,(H,16,19). The number of hydrogen-bond donors (Lipinski definition) is 2. The second kappa shape index (κ2) is 6.61. The molecule has 0 atom stereocenters. The van der Waals surface area contributed by atoms with Crippen LogP contribution in [0, 0.1) is 0 Å². The second-order valence-electron chi connectivity index (χ2n) is 5.10. The van der Waals surface area contributed by atoms with Crippen LogP contribution in [0.3, 0.4) is 0 Å². The average molecular weight is 264 g/mol. The van der Waals surface area contributed by atoms with Crippen molar-refractivity contribution in [1.82, 2.24) is 14.8 Å². The van der Waals surface area contributed by atoms with Gasteiger partial charge in [0.15, 0.2) is 0 Å². The molecule has 0 aromatic carbocycles. The molecule has 0 bridgehead atoms. The highest BCUT2D eigenvalue weighted by Crippen LogP contribution is 2.10. The summed E-state index contributed by atoms with van der Waals surface area (Å²) in [5.41, 5.74) is 7.02. The van der Waals surface area contributed by atoms with Crippen LogP contribution in [0.5, 0.6) is 0 Å². The maximum absolute atomic E-state index is 12.1. The molecule has 0 spiro atoms. The first kappa shape index (κ1) is 13.9. The number of anilines is 1. The zero-order valence-corrected chi connectivity index (χ0v) is 11.7. The number of rotatable bonds is 5. The topological polar surface area (TPSA) is 63.3 Å². The number of nitrogens with one attached hydrogen (secondary N) is 1. The van der Waals surface area contributed by atoms with E-state index in [1.54, 1.807) is 12.3 Å². The quantitative estimate of drug-likeness (QED) is 0.842. The van der Waals surface area contributed by atoms with Gasteiger partial charge in [0.2, 0.25) is 0 Å². The highest BCUT2D eigenvalue weighted by molar-refractivity contribution is 5.93. The van der Waals surface area contributed by atoms with Gasteiger partial charge in [-0.15, -0.1) is 0 Å². The van der Waals surface area contributed by atoms with Gasteiger partial charge in [-0.1, -0.05) is 6.42 Å². The SMILES string of the molecule is CCn1cc(N)cc1C(=O)NCCN1CCCCC1. The van der Waals surface area contributed by atoms with Gasteiger partial charge in [0.05, 0.1) is 5.69 Å². The fraction of sp³-hybridized carbons (Fsp3) is 0.643. The average Bonchev–Trinajstić information content (AvgIpc) is 2.81. The van der Waals surface area contributed by atoms with Crippen molar-refractivity contribution < 1.29 is 4.79 Å². The molecule has 106 valence electrons. The Morgan fingerprint density at radius 3 is 2.79 bits per heavy atom. The van der Waals surface area contributed by atoms with Crippen LogP contribution in [0.1, 0.15) is 36.7 Å². The predicted octanol–water partition coefficient (Wildman–Crippen LogP) is 1.31. The number of carbonyl (C=O) groups excluding carboxylic acids is 1. The third kappa shape index (κ3) is 3.73. The lowest BCUT2D eigenvalue weighted by atomic mass is 10.1. The van der Waals surface area contributed by atoms with Gasteiger partial charge in [-0.05, 0) is 38.9 Å². The van der Waals surface area contributed by atoms with E-state index in [-0.39, 0.29) is 5.91 Å². The highest BCUT2D eigenvalue weighted by atomic mass is 16.1. The summed E-state index contributed by atoms with van der Waals surface area (Å²) in [6, 6.07) is 1.74. The van der Waals surface area contributed by atoms with Crippen LogP contribution in [0.2, 0.25) is 0 Å². The lowest BCUT2D eigenvalue weighted by molar-refractivity contribution is 0.0937. The fourth-order valence-electron chi connectivity index (χ4n) is 2.59. The van der Waals surface area contributed by atoms with Crippen molar-refractivity contribution in [3.05, 3.63) is 18.0 Å². The van der Waals surface area contributed by atoms with E-state index in [1.165, 1.54) is 19.3 Å². The summed E-state index contributed by atoms with van der Waals surface area (Å²) in [7, 11) is 0. The number of nitrogen functional groups attached to an aromatic ring is 1. The van der Waals surface area contributed by atoms with Crippen LogP contribution in [0.15, 0.2) is 12.3 Å². The van der Waals surface area contributed by atoms with Crippen molar-refractivity contribution in [2.24, 2.45) is 0 Å². The first-order valence-electron chi connectivity index (χ1n) is 7.17. The smallest absolute Gasteiger partial charge is 0.268 e. The molecule has 1 aliphatic rings. The number of hydrogen-bond acceptors (Lipinski definition) is 3. The molecule has 1 aromatic rings. The van der Waals surface area contributed by atoms with Gasteiger partial charge in [0, 0.05) is 25.8 Å². The summed E-state index contributed by atoms with van der Waals surface area (Å²) in [5, 5.41) is 2.98. The van der Waals surface area contributed by atoms with Crippen LogP contribution in [0.25, 0.3) is 0 Å². The van der Waals surface area contributed by atoms with Crippen LogP contribution in [-0.4, -0.2) is 41.6 Å². The Labute approximate surface area is 114 Å². The molecule has 2 heterocycles. The number of carbonyl (C=O) groups is 1. The maximum Gasteiger partial charge on any atom is 0.268 e. The molecule has 0 unspecified atom stereocenters. The van der Waals surface area contributed by atoms with Gasteiger partial charge >= 0.3 is 0 Å². The van der Waals surface area contributed by atoms with Gasteiger partial charge in [-0.3, -0.25) is 4.79 Å². The molecule has 3 N–H and O–H groups in total. The minimum Gasteiger partial charge on any atom is -0.397 e. The zero-order chi connectivity index (χ0) is 13.7.